The minimum absolute atomic E-state index is 0. The second-order valence-electron chi connectivity index (χ2n) is 7.15. The first-order valence-electron chi connectivity index (χ1n) is 10.0. The number of carbonyl (C=O) groups excluding carboxylic acids is 1. The van der Waals surface area contributed by atoms with Crippen LogP contribution in [0.15, 0.2) is 57.9 Å². The fourth-order valence-corrected chi connectivity index (χ4v) is 3.27. The standard InChI is InChI=1S/C23H27FN4O2.HI/c1-3-26-23(28-14-21-15(2)19-6-4-5-7-20(19)30-21)27-13-17(22(25)29)12-16-8-10-18(24)11-9-16;/h4-11,17H,3,12-14H2,1-2H3,(H2,25,29)(H2,26,27,28);1H. The van der Waals surface area contributed by atoms with Crippen molar-refractivity contribution in [3.63, 3.8) is 0 Å². The molecular formula is C23H28FIN4O2. The number of hydrogen-bond donors (Lipinski definition) is 3. The van der Waals surface area contributed by atoms with Gasteiger partial charge in [-0.05, 0) is 44.0 Å². The van der Waals surface area contributed by atoms with Gasteiger partial charge in [-0.1, -0.05) is 30.3 Å². The number of fused-ring (bicyclic) bond motifs is 1. The molecule has 2 aromatic carbocycles. The van der Waals surface area contributed by atoms with E-state index in [4.69, 9.17) is 10.2 Å². The van der Waals surface area contributed by atoms with Crippen LogP contribution in [0.5, 0.6) is 0 Å². The first-order chi connectivity index (χ1) is 14.5. The molecule has 1 aromatic heterocycles. The summed E-state index contributed by atoms with van der Waals surface area (Å²) in [5, 5.41) is 7.42. The largest absolute Gasteiger partial charge is 0.459 e. The first kappa shape index (κ1) is 24.6. The Morgan fingerprint density at radius 2 is 1.87 bits per heavy atom. The van der Waals surface area contributed by atoms with Gasteiger partial charge in [0.25, 0.3) is 0 Å². The lowest BCUT2D eigenvalue weighted by Gasteiger charge is -2.17. The van der Waals surface area contributed by atoms with Crippen molar-refractivity contribution in [1.82, 2.24) is 10.6 Å². The van der Waals surface area contributed by atoms with Crippen molar-refractivity contribution in [2.24, 2.45) is 16.6 Å². The number of furan rings is 1. The van der Waals surface area contributed by atoms with E-state index in [1.807, 2.05) is 38.1 Å². The zero-order chi connectivity index (χ0) is 21.5. The lowest BCUT2D eigenvalue weighted by atomic mass is 9.98. The van der Waals surface area contributed by atoms with E-state index < -0.39 is 11.8 Å². The van der Waals surface area contributed by atoms with Crippen LogP contribution in [-0.2, 0) is 17.8 Å². The molecule has 0 saturated heterocycles. The van der Waals surface area contributed by atoms with Gasteiger partial charge in [0.05, 0.1) is 5.92 Å². The van der Waals surface area contributed by atoms with E-state index in [1.54, 1.807) is 12.1 Å². The zero-order valence-electron chi connectivity index (χ0n) is 17.7. The number of nitrogens with one attached hydrogen (secondary N) is 2. The number of nitrogens with two attached hydrogens (primary N) is 1. The van der Waals surface area contributed by atoms with Crippen LogP contribution in [0.3, 0.4) is 0 Å². The van der Waals surface area contributed by atoms with Gasteiger partial charge in [0.15, 0.2) is 5.96 Å². The van der Waals surface area contributed by atoms with Crippen molar-refractivity contribution in [3.8, 4) is 0 Å². The summed E-state index contributed by atoms with van der Waals surface area (Å²) in [4.78, 5) is 16.5. The highest BCUT2D eigenvalue weighted by atomic mass is 127. The maximum Gasteiger partial charge on any atom is 0.222 e. The highest BCUT2D eigenvalue weighted by Gasteiger charge is 2.17. The predicted octanol–water partition coefficient (Wildman–Crippen LogP) is 3.90. The number of carbonyl (C=O) groups is 1. The number of nitrogens with zero attached hydrogens (tertiary/aromatic N) is 1. The average Bonchev–Trinajstić information content (AvgIpc) is 3.06. The third kappa shape index (κ3) is 6.68. The number of primary amides is 1. The molecule has 0 saturated carbocycles. The molecule has 1 heterocycles. The number of benzene rings is 2. The van der Waals surface area contributed by atoms with E-state index in [-0.39, 0.29) is 29.8 Å². The number of amides is 1. The Balaban J connectivity index is 0.00000341. The maximum absolute atomic E-state index is 13.1. The molecule has 31 heavy (non-hydrogen) atoms. The van der Waals surface area contributed by atoms with Crippen LogP contribution in [0.2, 0.25) is 0 Å². The van der Waals surface area contributed by atoms with Gasteiger partial charge in [-0.25, -0.2) is 9.38 Å². The summed E-state index contributed by atoms with van der Waals surface area (Å²) < 4.78 is 19.0. The molecule has 3 rings (SSSR count). The Bertz CT molecular complexity index is 1030. The Kier molecular flexibility index (Phi) is 9.29. The van der Waals surface area contributed by atoms with Crippen molar-refractivity contribution in [3.05, 3.63) is 71.2 Å². The van der Waals surface area contributed by atoms with Gasteiger partial charge >= 0.3 is 0 Å². The van der Waals surface area contributed by atoms with Crippen LogP contribution in [-0.4, -0.2) is 25.0 Å². The second-order valence-corrected chi connectivity index (χ2v) is 7.15. The molecule has 166 valence electrons. The normalized spacial score (nSPS) is 12.3. The smallest absolute Gasteiger partial charge is 0.222 e. The summed E-state index contributed by atoms with van der Waals surface area (Å²) >= 11 is 0. The molecule has 3 aromatic rings. The monoisotopic (exact) mass is 538 g/mol. The lowest BCUT2D eigenvalue weighted by molar-refractivity contribution is -0.121. The molecule has 4 N–H and O–H groups in total. The molecule has 1 atom stereocenters. The summed E-state index contributed by atoms with van der Waals surface area (Å²) in [6, 6.07) is 14.0. The minimum Gasteiger partial charge on any atom is -0.459 e. The molecule has 0 bridgehead atoms. The number of aliphatic imine (C=N–C) groups is 1. The van der Waals surface area contributed by atoms with E-state index in [2.05, 4.69) is 15.6 Å². The molecule has 0 fully saturated rings. The first-order valence-corrected chi connectivity index (χ1v) is 10.0. The Labute approximate surface area is 198 Å². The van der Waals surface area contributed by atoms with Gasteiger partial charge in [0.1, 0.15) is 23.7 Å². The number of hydrogen-bond acceptors (Lipinski definition) is 3. The van der Waals surface area contributed by atoms with Crippen LogP contribution < -0.4 is 16.4 Å². The van der Waals surface area contributed by atoms with E-state index in [0.29, 0.717) is 32.0 Å². The summed E-state index contributed by atoms with van der Waals surface area (Å²) in [7, 11) is 0. The molecule has 0 radical (unpaired) electrons. The van der Waals surface area contributed by atoms with Gasteiger partial charge in [-0.3, -0.25) is 4.79 Å². The molecule has 8 heteroatoms. The number of guanidine groups is 1. The summed E-state index contributed by atoms with van der Waals surface area (Å²) in [5.41, 5.74) is 8.33. The average molecular weight is 538 g/mol. The third-order valence-electron chi connectivity index (χ3n) is 4.98. The number of halogens is 2. The topological polar surface area (TPSA) is 92.7 Å². The Hall–Kier alpha value is -2.62. The highest BCUT2D eigenvalue weighted by Crippen LogP contribution is 2.25. The Morgan fingerprint density at radius 3 is 2.52 bits per heavy atom. The van der Waals surface area contributed by atoms with Gasteiger partial charge in [0, 0.05) is 24.0 Å². The lowest BCUT2D eigenvalue weighted by Crippen LogP contribution is -2.43. The van der Waals surface area contributed by atoms with Crippen LogP contribution in [0, 0.1) is 18.7 Å². The highest BCUT2D eigenvalue weighted by molar-refractivity contribution is 14.0. The van der Waals surface area contributed by atoms with Crippen molar-refractivity contribution < 1.29 is 13.6 Å². The number of para-hydroxylation sites is 1. The Morgan fingerprint density at radius 1 is 1.16 bits per heavy atom. The summed E-state index contributed by atoms with van der Waals surface area (Å²) in [6.45, 7) is 5.34. The van der Waals surface area contributed by atoms with Crippen molar-refractivity contribution in [2.75, 3.05) is 13.1 Å². The number of aryl methyl sites for hydroxylation is 1. The van der Waals surface area contributed by atoms with Gasteiger partial charge < -0.3 is 20.8 Å². The minimum atomic E-state index is -0.452. The summed E-state index contributed by atoms with van der Waals surface area (Å²) in [5.74, 6) is 0.187. The van der Waals surface area contributed by atoms with Crippen LogP contribution in [0.4, 0.5) is 4.39 Å². The molecule has 0 aliphatic rings. The zero-order valence-corrected chi connectivity index (χ0v) is 20.0. The van der Waals surface area contributed by atoms with Crippen molar-refractivity contribution in [1.29, 1.82) is 0 Å². The van der Waals surface area contributed by atoms with Gasteiger partial charge in [-0.2, -0.15) is 0 Å². The van der Waals surface area contributed by atoms with Gasteiger partial charge in [-0.15, -0.1) is 24.0 Å². The fraction of sp³-hybridized carbons (Fsp3) is 0.304. The second kappa shape index (κ2) is 11.7. The molecule has 1 amide bonds. The third-order valence-corrected chi connectivity index (χ3v) is 4.98. The number of rotatable bonds is 8. The molecule has 6 nitrogen and oxygen atoms in total. The molecule has 1 unspecified atom stereocenters. The van der Waals surface area contributed by atoms with Crippen LogP contribution in [0.25, 0.3) is 11.0 Å². The quantitative estimate of drug-likeness (QED) is 0.231. The molecule has 0 aliphatic carbocycles. The summed E-state index contributed by atoms with van der Waals surface area (Å²) in [6.07, 6.45) is 0.421. The van der Waals surface area contributed by atoms with Gasteiger partial charge in [0.2, 0.25) is 5.91 Å². The van der Waals surface area contributed by atoms with Crippen LogP contribution in [0.1, 0.15) is 23.8 Å². The predicted molar refractivity (Wildman–Crippen MR) is 132 cm³/mol. The van der Waals surface area contributed by atoms with E-state index in [1.165, 1.54) is 12.1 Å². The molecule has 0 aliphatic heterocycles. The van der Waals surface area contributed by atoms with E-state index >= 15 is 0 Å². The van der Waals surface area contributed by atoms with E-state index in [9.17, 15) is 9.18 Å². The molecule has 0 spiro atoms. The van der Waals surface area contributed by atoms with Crippen molar-refractivity contribution in [2.45, 2.75) is 26.8 Å². The van der Waals surface area contributed by atoms with Crippen molar-refractivity contribution >= 4 is 46.8 Å². The fourth-order valence-electron chi connectivity index (χ4n) is 3.27. The molecular weight excluding hydrogens is 510 g/mol. The van der Waals surface area contributed by atoms with Crippen LogP contribution >= 0.6 is 24.0 Å². The SMILES string of the molecule is CCNC(=NCc1oc2ccccc2c1C)NCC(Cc1ccc(F)cc1)C(N)=O.I. The van der Waals surface area contributed by atoms with E-state index in [0.717, 1.165) is 27.9 Å². The maximum atomic E-state index is 13.1.